The summed E-state index contributed by atoms with van der Waals surface area (Å²) in [6, 6.07) is 11.1. The van der Waals surface area contributed by atoms with E-state index in [4.69, 9.17) is 11.6 Å². The molecule has 1 saturated heterocycles. The first-order valence-corrected chi connectivity index (χ1v) is 9.98. The zero-order valence-corrected chi connectivity index (χ0v) is 17.3. The van der Waals surface area contributed by atoms with Crippen molar-refractivity contribution in [3.8, 4) is 0 Å². The van der Waals surface area contributed by atoms with Gasteiger partial charge in [0.15, 0.2) is 0 Å². The summed E-state index contributed by atoms with van der Waals surface area (Å²) in [7, 11) is 0. The molecule has 0 bridgehead atoms. The number of piperidine rings is 1. The lowest BCUT2D eigenvalue weighted by Crippen LogP contribution is -2.62. The molecule has 2 aromatic rings. The number of imide groups is 2. The van der Waals surface area contributed by atoms with Crippen LogP contribution in [0.4, 0.5) is 0 Å². The lowest BCUT2D eigenvalue weighted by atomic mass is 9.89. The minimum atomic E-state index is -1.44. The highest BCUT2D eigenvalue weighted by Gasteiger charge is 2.52. The minimum absolute atomic E-state index is 0.0393. The molecule has 1 atom stereocenters. The molecule has 5 amide bonds. The number of rotatable bonds is 4. The highest BCUT2D eigenvalue weighted by molar-refractivity contribution is 6.30. The van der Waals surface area contributed by atoms with Crippen molar-refractivity contribution in [1.82, 2.24) is 15.5 Å². The van der Waals surface area contributed by atoms with E-state index in [0.29, 0.717) is 16.1 Å². The van der Waals surface area contributed by atoms with Crippen LogP contribution in [0.25, 0.3) is 0 Å². The van der Waals surface area contributed by atoms with Crippen molar-refractivity contribution in [3.63, 3.8) is 0 Å². The fourth-order valence-electron chi connectivity index (χ4n) is 3.74. The second-order valence-corrected chi connectivity index (χ2v) is 8.10. The van der Waals surface area contributed by atoms with Crippen LogP contribution in [0.3, 0.4) is 0 Å². The van der Waals surface area contributed by atoms with Gasteiger partial charge < -0.3 is 5.32 Å². The second-order valence-electron chi connectivity index (χ2n) is 7.67. The van der Waals surface area contributed by atoms with E-state index in [2.05, 4.69) is 10.6 Å². The molecule has 0 radical (unpaired) electrons. The van der Waals surface area contributed by atoms with Crippen LogP contribution in [0.1, 0.15) is 56.4 Å². The Labute approximate surface area is 182 Å². The number of fused-ring (bicyclic) bond motifs is 1. The number of carbonyl (C=O) groups is 5. The fraction of sp³-hybridized carbons (Fsp3) is 0.227. The number of nitrogens with zero attached hydrogens (tertiary/aromatic N) is 1. The normalized spacial score (nSPS) is 20.5. The van der Waals surface area contributed by atoms with Gasteiger partial charge in [0.2, 0.25) is 5.91 Å². The highest BCUT2D eigenvalue weighted by atomic mass is 35.5. The summed E-state index contributed by atoms with van der Waals surface area (Å²) in [5, 5.41) is 5.47. The Hall–Kier alpha value is -3.52. The molecule has 2 aromatic carbocycles. The lowest BCUT2D eigenvalue weighted by Gasteiger charge is -2.38. The first kappa shape index (κ1) is 20.7. The molecule has 9 heteroatoms. The van der Waals surface area contributed by atoms with Crippen LogP contribution >= 0.6 is 11.6 Å². The molecule has 2 heterocycles. The summed E-state index contributed by atoms with van der Waals surface area (Å²) < 4.78 is 0. The molecular formula is C22H18ClN3O5. The summed E-state index contributed by atoms with van der Waals surface area (Å²) in [6.45, 7) is 1.62. The number of amides is 5. The molecule has 2 aliphatic rings. The molecule has 0 aliphatic carbocycles. The molecule has 0 spiro atoms. The van der Waals surface area contributed by atoms with Crippen LogP contribution in [0.15, 0.2) is 42.5 Å². The number of benzene rings is 2. The van der Waals surface area contributed by atoms with Gasteiger partial charge in [0.25, 0.3) is 23.6 Å². The first-order valence-electron chi connectivity index (χ1n) is 9.60. The van der Waals surface area contributed by atoms with Crippen LogP contribution in [0.2, 0.25) is 5.02 Å². The summed E-state index contributed by atoms with van der Waals surface area (Å²) in [4.78, 5) is 63.0. The van der Waals surface area contributed by atoms with E-state index in [1.54, 1.807) is 30.3 Å². The Morgan fingerprint density at radius 1 is 1.06 bits per heavy atom. The summed E-state index contributed by atoms with van der Waals surface area (Å²) in [6.07, 6.45) is 0.102. The third-order valence-electron chi connectivity index (χ3n) is 5.58. The van der Waals surface area contributed by atoms with Crippen molar-refractivity contribution < 1.29 is 24.0 Å². The van der Waals surface area contributed by atoms with Gasteiger partial charge in [-0.25, -0.2) is 0 Å². The van der Waals surface area contributed by atoms with E-state index in [1.807, 2.05) is 0 Å². The van der Waals surface area contributed by atoms with Gasteiger partial charge >= 0.3 is 0 Å². The van der Waals surface area contributed by atoms with E-state index >= 15 is 0 Å². The second kappa shape index (κ2) is 7.63. The van der Waals surface area contributed by atoms with Gasteiger partial charge in [-0.05, 0) is 55.3 Å². The maximum absolute atomic E-state index is 13.0. The molecule has 4 rings (SSSR count). The maximum atomic E-state index is 13.0. The van der Waals surface area contributed by atoms with Gasteiger partial charge in [0.05, 0.1) is 11.1 Å². The predicted molar refractivity (Wildman–Crippen MR) is 110 cm³/mol. The molecule has 1 unspecified atom stereocenters. The van der Waals surface area contributed by atoms with Gasteiger partial charge in [-0.3, -0.25) is 34.2 Å². The average Bonchev–Trinajstić information content (AvgIpc) is 3.00. The molecule has 2 aliphatic heterocycles. The van der Waals surface area contributed by atoms with Crippen LogP contribution in [-0.2, 0) is 16.1 Å². The molecule has 158 valence electrons. The van der Waals surface area contributed by atoms with Crippen molar-refractivity contribution in [2.75, 3.05) is 0 Å². The van der Waals surface area contributed by atoms with E-state index < -0.39 is 29.2 Å². The van der Waals surface area contributed by atoms with Gasteiger partial charge in [0.1, 0.15) is 5.54 Å². The Balaban J connectivity index is 1.53. The Kier molecular flexibility index (Phi) is 5.10. The van der Waals surface area contributed by atoms with Crippen molar-refractivity contribution in [3.05, 3.63) is 69.7 Å². The van der Waals surface area contributed by atoms with E-state index in [-0.39, 0.29) is 36.4 Å². The van der Waals surface area contributed by atoms with Crippen molar-refractivity contribution in [2.45, 2.75) is 31.8 Å². The third-order valence-corrected chi connectivity index (χ3v) is 5.84. The van der Waals surface area contributed by atoms with Gasteiger partial charge in [-0.15, -0.1) is 0 Å². The van der Waals surface area contributed by atoms with E-state index in [0.717, 1.165) is 4.90 Å². The largest absolute Gasteiger partial charge is 0.348 e. The summed E-state index contributed by atoms with van der Waals surface area (Å²) >= 11 is 5.83. The number of hydrogen-bond acceptors (Lipinski definition) is 5. The molecular weight excluding hydrogens is 422 g/mol. The predicted octanol–water partition coefficient (Wildman–Crippen LogP) is 2.06. The standard InChI is InChI=1S/C22H18ClN3O5/c1-22(9-8-17(27)25-21(22)31)26-19(29)15-7-2-12(10-16(15)20(26)30)11-24-18(28)13-3-5-14(23)6-4-13/h2-7,10H,8-9,11H2,1H3,(H,24,28)(H,25,27,31). The monoisotopic (exact) mass is 439 g/mol. The van der Waals surface area contributed by atoms with E-state index in [1.165, 1.54) is 19.1 Å². The highest BCUT2D eigenvalue weighted by Crippen LogP contribution is 2.34. The Morgan fingerprint density at radius 2 is 1.74 bits per heavy atom. The fourth-order valence-corrected chi connectivity index (χ4v) is 3.87. The van der Waals surface area contributed by atoms with Gasteiger partial charge in [-0.2, -0.15) is 0 Å². The third kappa shape index (κ3) is 3.59. The van der Waals surface area contributed by atoms with Crippen LogP contribution in [0.5, 0.6) is 0 Å². The Morgan fingerprint density at radius 3 is 2.42 bits per heavy atom. The maximum Gasteiger partial charge on any atom is 0.262 e. The van der Waals surface area contributed by atoms with Crippen LogP contribution < -0.4 is 10.6 Å². The number of nitrogens with one attached hydrogen (secondary N) is 2. The number of carbonyl (C=O) groups excluding carboxylic acids is 5. The lowest BCUT2D eigenvalue weighted by molar-refractivity contribution is -0.140. The molecule has 2 N–H and O–H groups in total. The van der Waals surface area contributed by atoms with Crippen LogP contribution in [0, 0.1) is 0 Å². The Bertz CT molecular complexity index is 1140. The van der Waals surface area contributed by atoms with Crippen molar-refractivity contribution in [2.24, 2.45) is 0 Å². The zero-order valence-electron chi connectivity index (χ0n) is 16.5. The van der Waals surface area contributed by atoms with E-state index in [9.17, 15) is 24.0 Å². The zero-order chi connectivity index (χ0) is 22.3. The topological polar surface area (TPSA) is 113 Å². The van der Waals surface area contributed by atoms with Crippen LogP contribution in [-0.4, -0.2) is 40.0 Å². The molecule has 0 aromatic heterocycles. The van der Waals surface area contributed by atoms with Crippen molar-refractivity contribution in [1.29, 1.82) is 0 Å². The van der Waals surface area contributed by atoms with Crippen molar-refractivity contribution >= 4 is 41.1 Å². The summed E-state index contributed by atoms with van der Waals surface area (Å²) in [5.74, 6) is -2.59. The minimum Gasteiger partial charge on any atom is -0.348 e. The summed E-state index contributed by atoms with van der Waals surface area (Å²) in [5.41, 5.74) is -0.0338. The average molecular weight is 440 g/mol. The molecule has 0 saturated carbocycles. The SMILES string of the molecule is CC1(N2C(=O)c3ccc(CNC(=O)c4ccc(Cl)cc4)cc3C2=O)CCC(=O)NC1=O. The molecule has 1 fully saturated rings. The molecule has 31 heavy (non-hydrogen) atoms. The smallest absolute Gasteiger partial charge is 0.262 e. The number of hydrogen-bond donors (Lipinski definition) is 2. The molecule has 8 nitrogen and oxygen atoms in total. The number of halogens is 1. The quantitative estimate of drug-likeness (QED) is 0.708. The van der Waals surface area contributed by atoms with Gasteiger partial charge in [0, 0.05) is 23.6 Å². The first-order chi connectivity index (χ1) is 14.7. The van der Waals surface area contributed by atoms with Gasteiger partial charge in [-0.1, -0.05) is 17.7 Å².